The minimum Gasteiger partial charge on any atom is -0.489 e. The highest BCUT2D eigenvalue weighted by Crippen LogP contribution is 2.34. The number of thiazole rings is 1. The summed E-state index contributed by atoms with van der Waals surface area (Å²) in [6, 6.07) is 27.2. The maximum Gasteiger partial charge on any atom is 0.209 e. The van der Waals surface area contributed by atoms with Gasteiger partial charge in [-0.3, -0.25) is 0 Å². The van der Waals surface area contributed by atoms with Crippen LogP contribution in [0.3, 0.4) is 0 Å². The van der Waals surface area contributed by atoms with Gasteiger partial charge in [0.25, 0.3) is 0 Å². The standard InChI is InChI=1S/C29H28N2OS/c1-3-7-23(8-4-1)20-32-27-17-11-22(12-18-27)19-30-29-31-28(21-33-29)26-15-13-25(14-16-26)24-9-5-2-6-10-24/h1,3-4,7-8,11-19,21,24H,2,5-6,9-10,20H2. The van der Waals surface area contributed by atoms with Gasteiger partial charge in [-0.05, 0) is 59.7 Å². The van der Waals surface area contributed by atoms with Crippen molar-refractivity contribution >= 4 is 22.7 Å². The fraction of sp³-hybridized carbons (Fsp3) is 0.241. The fourth-order valence-electron chi connectivity index (χ4n) is 4.34. The van der Waals surface area contributed by atoms with E-state index >= 15 is 0 Å². The summed E-state index contributed by atoms with van der Waals surface area (Å²) in [5, 5.41) is 2.86. The molecule has 3 aromatic carbocycles. The minimum absolute atomic E-state index is 0.567. The Hall–Kier alpha value is -3.24. The lowest BCUT2D eigenvalue weighted by Gasteiger charge is -2.22. The van der Waals surface area contributed by atoms with Crippen LogP contribution < -0.4 is 4.74 Å². The van der Waals surface area contributed by atoms with Gasteiger partial charge in [0.1, 0.15) is 12.4 Å². The molecule has 33 heavy (non-hydrogen) atoms. The van der Waals surface area contributed by atoms with Gasteiger partial charge in [0.05, 0.1) is 5.69 Å². The molecule has 4 aromatic rings. The number of hydrogen-bond donors (Lipinski definition) is 0. The van der Waals surface area contributed by atoms with Crippen molar-refractivity contribution in [3.8, 4) is 17.0 Å². The van der Waals surface area contributed by atoms with E-state index in [0.717, 1.165) is 39.2 Å². The van der Waals surface area contributed by atoms with E-state index in [-0.39, 0.29) is 0 Å². The van der Waals surface area contributed by atoms with Crippen molar-refractivity contribution in [2.45, 2.75) is 44.6 Å². The van der Waals surface area contributed by atoms with Crippen molar-refractivity contribution in [2.75, 3.05) is 0 Å². The number of aliphatic imine (C=N–C) groups is 1. The lowest BCUT2D eigenvalue weighted by atomic mass is 9.84. The van der Waals surface area contributed by atoms with Gasteiger partial charge in [0.15, 0.2) is 0 Å². The largest absolute Gasteiger partial charge is 0.489 e. The van der Waals surface area contributed by atoms with Crippen LogP contribution in [-0.4, -0.2) is 11.2 Å². The van der Waals surface area contributed by atoms with Gasteiger partial charge in [0.2, 0.25) is 5.13 Å². The Bertz CT molecular complexity index is 1170. The maximum absolute atomic E-state index is 5.85. The second kappa shape index (κ2) is 10.6. The van der Waals surface area contributed by atoms with Gasteiger partial charge in [-0.2, -0.15) is 0 Å². The van der Waals surface area contributed by atoms with E-state index in [1.807, 2.05) is 48.7 Å². The number of aromatic nitrogens is 1. The van der Waals surface area contributed by atoms with Gasteiger partial charge >= 0.3 is 0 Å². The molecular weight excluding hydrogens is 424 g/mol. The van der Waals surface area contributed by atoms with Gasteiger partial charge in [0, 0.05) is 17.2 Å². The van der Waals surface area contributed by atoms with Gasteiger partial charge < -0.3 is 4.74 Å². The lowest BCUT2D eigenvalue weighted by Crippen LogP contribution is -2.04. The molecule has 0 N–H and O–H groups in total. The molecule has 4 heteroatoms. The van der Waals surface area contributed by atoms with Crippen LogP contribution in [0.4, 0.5) is 5.13 Å². The first-order chi connectivity index (χ1) is 16.3. The molecule has 0 spiro atoms. The Morgan fingerprint density at radius 1 is 0.879 bits per heavy atom. The van der Waals surface area contributed by atoms with E-state index in [1.165, 1.54) is 37.7 Å². The molecule has 0 bridgehead atoms. The smallest absolute Gasteiger partial charge is 0.209 e. The summed E-state index contributed by atoms with van der Waals surface area (Å²) in [5.74, 6) is 1.59. The number of hydrogen-bond acceptors (Lipinski definition) is 4. The first-order valence-corrected chi connectivity index (χ1v) is 12.6. The molecule has 1 aliphatic rings. The Morgan fingerprint density at radius 3 is 2.39 bits per heavy atom. The molecule has 0 aliphatic heterocycles. The van der Waals surface area contributed by atoms with Crippen molar-refractivity contribution in [3.63, 3.8) is 0 Å². The zero-order valence-electron chi connectivity index (χ0n) is 18.7. The van der Waals surface area contributed by atoms with Gasteiger partial charge in [-0.25, -0.2) is 9.98 Å². The number of benzene rings is 3. The zero-order chi connectivity index (χ0) is 22.3. The summed E-state index contributed by atoms with van der Waals surface area (Å²) in [6.07, 6.45) is 8.63. The van der Waals surface area contributed by atoms with E-state index in [0.29, 0.717) is 6.61 Å². The molecule has 1 heterocycles. The monoisotopic (exact) mass is 452 g/mol. The summed E-state index contributed by atoms with van der Waals surface area (Å²) in [7, 11) is 0. The van der Waals surface area contributed by atoms with E-state index in [1.54, 1.807) is 11.3 Å². The normalized spacial score (nSPS) is 14.5. The lowest BCUT2D eigenvalue weighted by molar-refractivity contribution is 0.306. The average Bonchev–Trinajstić information content (AvgIpc) is 3.37. The van der Waals surface area contributed by atoms with Crippen molar-refractivity contribution < 1.29 is 4.74 Å². The molecule has 0 saturated heterocycles. The summed E-state index contributed by atoms with van der Waals surface area (Å²) in [6.45, 7) is 0.567. The fourth-order valence-corrected chi connectivity index (χ4v) is 5.01. The highest BCUT2D eigenvalue weighted by Gasteiger charge is 2.15. The molecule has 0 amide bonds. The maximum atomic E-state index is 5.85. The van der Waals surface area contributed by atoms with Crippen LogP contribution in [0.15, 0.2) is 89.2 Å². The third kappa shape index (κ3) is 5.77. The molecule has 1 aromatic heterocycles. The van der Waals surface area contributed by atoms with Crippen LogP contribution in [0.2, 0.25) is 0 Å². The molecule has 1 fully saturated rings. The summed E-state index contributed by atoms with van der Waals surface area (Å²) in [4.78, 5) is 9.29. The molecule has 1 aliphatic carbocycles. The van der Waals surface area contributed by atoms with Crippen molar-refractivity contribution in [2.24, 2.45) is 4.99 Å². The molecule has 166 valence electrons. The number of ether oxygens (including phenoxy) is 1. The average molecular weight is 453 g/mol. The van der Waals surface area contributed by atoms with Crippen molar-refractivity contribution in [1.82, 2.24) is 4.98 Å². The van der Waals surface area contributed by atoms with Crippen molar-refractivity contribution in [3.05, 3.63) is 101 Å². The molecule has 1 saturated carbocycles. The second-order valence-corrected chi connectivity index (χ2v) is 9.41. The molecule has 3 nitrogen and oxygen atoms in total. The zero-order valence-corrected chi connectivity index (χ0v) is 19.5. The number of rotatable bonds is 7. The van der Waals surface area contributed by atoms with Crippen LogP contribution in [0.1, 0.15) is 54.7 Å². The van der Waals surface area contributed by atoms with Crippen LogP contribution in [0, 0.1) is 0 Å². The van der Waals surface area contributed by atoms with Gasteiger partial charge in [-0.1, -0.05) is 73.9 Å². The third-order valence-electron chi connectivity index (χ3n) is 6.23. The van der Waals surface area contributed by atoms with E-state index in [4.69, 9.17) is 9.72 Å². The molecular formula is C29H28N2OS. The first-order valence-electron chi connectivity index (χ1n) is 11.7. The molecule has 0 radical (unpaired) electrons. The Labute approximate surface area is 199 Å². The highest BCUT2D eigenvalue weighted by molar-refractivity contribution is 7.13. The van der Waals surface area contributed by atoms with Gasteiger partial charge in [-0.15, -0.1) is 11.3 Å². The Kier molecular flexibility index (Phi) is 6.93. The van der Waals surface area contributed by atoms with E-state index in [9.17, 15) is 0 Å². The van der Waals surface area contributed by atoms with Crippen LogP contribution >= 0.6 is 11.3 Å². The van der Waals surface area contributed by atoms with Crippen molar-refractivity contribution in [1.29, 1.82) is 0 Å². The Balaban J connectivity index is 1.18. The Morgan fingerprint density at radius 2 is 1.64 bits per heavy atom. The molecule has 5 rings (SSSR count). The van der Waals surface area contributed by atoms with Crippen LogP contribution in [0.25, 0.3) is 11.3 Å². The highest BCUT2D eigenvalue weighted by atomic mass is 32.1. The predicted molar refractivity (Wildman–Crippen MR) is 138 cm³/mol. The SMILES string of the molecule is C(=Nc1nc(-c2ccc(C3CCCCC3)cc2)cs1)c1ccc(OCc2ccccc2)cc1. The number of nitrogens with zero attached hydrogens (tertiary/aromatic N) is 2. The minimum atomic E-state index is 0.567. The summed E-state index contributed by atoms with van der Waals surface area (Å²) < 4.78 is 5.85. The first kappa shape index (κ1) is 21.6. The van der Waals surface area contributed by atoms with E-state index < -0.39 is 0 Å². The van der Waals surface area contributed by atoms with E-state index in [2.05, 4.69) is 46.8 Å². The molecule has 0 unspecified atom stereocenters. The second-order valence-electron chi connectivity index (χ2n) is 8.57. The quantitative estimate of drug-likeness (QED) is 0.265. The summed E-state index contributed by atoms with van der Waals surface area (Å²) >= 11 is 1.57. The third-order valence-corrected chi connectivity index (χ3v) is 6.98. The predicted octanol–water partition coefficient (Wildman–Crippen LogP) is 8.19. The van der Waals surface area contributed by atoms with Crippen LogP contribution in [-0.2, 0) is 6.61 Å². The summed E-state index contributed by atoms with van der Waals surface area (Å²) in [5.41, 5.74) is 5.81. The topological polar surface area (TPSA) is 34.5 Å². The van der Waals surface area contributed by atoms with Crippen LogP contribution in [0.5, 0.6) is 5.75 Å². The molecule has 0 atom stereocenters.